The quantitative estimate of drug-likeness (QED) is 0.687. The van der Waals surface area contributed by atoms with E-state index in [-0.39, 0.29) is 0 Å². The molecule has 1 aromatic carbocycles. The summed E-state index contributed by atoms with van der Waals surface area (Å²) in [4.78, 5) is 0. The van der Waals surface area contributed by atoms with Crippen LogP contribution in [0.2, 0.25) is 0 Å². The van der Waals surface area contributed by atoms with Gasteiger partial charge < -0.3 is 4.74 Å². The second-order valence-corrected chi connectivity index (χ2v) is 3.76. The van der Waals surface area contributed by atoms with Crippen LogP contribution in [0.4, 0.5) is 0 Å². The Morgan fingerprint density at radius 3 is 2.21 bits per heavy atom. The second kappa shape index (κ2) is 5.69. The summed E-state index contributed by atoms with van der Waals surface area (Å²) in [7, 11) is 0. The minimum Gasteiger partial charge on any atom is -0.490 e. The van der Waals surface area contributed by atoms with Crippen molar-refractivity contribution in [2.24, 2.45) is 5.92 Å². The summed E-state index contributed by atoms with van der Waals surface area (Å²) in [5.74, 6) is 1.61. The summed E-state index contributed by atoms with van der Waals surface area (Å²) >= 11 is 0. The van der Waals surface area contributed by atoms with E-state index < -0.39 is 0 Å². The number of para-hydroxylation sites is 1. The summed E-state index contributed by atoms with van der Waals surface area (Å²) < 4.78 is 5.92. The Morgan fingerprint density at radius 1 is 1.07 bits per heavy atom. The van der Waals surface area contributed by atoms with E-state index in [9.17, 15) is 0 Å². The fourth-order valence-electron chi connectivity index (χ4n) is 1.54. The van der Waals surface area contributed by atoms with E-state index in [1.165, 1.54) is 6.42 Å². The lowest BCUT2D eigenvalue weighted by Crippen LogP contribution is -2.23. The van der Waals surface area contributed by atoms with Gasteiger partial charge in [0.25, 0.3) is 0 Å². The van der Waals surface area contributed by atoms with Crippen LogP contribution in [-0.4, -0.2) is 6.10 Å². The molecule has 0 aliphatic heterocycles. The highest BCUT2D eigenvalue weighted by Crippen LogP contribution is 2.19. The maximum atomic E-state index is 5.92. The van der Waals surface area contributed by atoms with E-state index in [0.29, 0.717) is 12.0 Å². The Balaban J connectivity index is 2.57. The van der Waals surface area contributed by atoms with Gasteiger partial charge in [-0.05, 0) is 24.5 Å². The summed E-state index contributed by atoms with van der Waals surface area (Å²) in [6.45, 7) is 6.64. The first kappa shape index (κ1) is 11.1. The van der Waals surface area contributed by atoms with Crippen LogP contribution in [0.25, 0.3) is 0 Å². The van der Waals surface area contributed by atoms with Crippen molar-refractivity contribution in [3.63, 3.8) is 0 Å². The largest absolute Gasteiger partial charge is 0.490 e. The first-order chi connectivity index (χ1) is 6.77. The molecular weight excluding hydrogens is 172 g/mol. The highest BCUT2D eigenvalue weighted by atomic mass is 16.5. The lowest BCUT2D eigenvalue weighted by molar-refractivity contribution is 0.136. The van der Waals surface area contributed by atoms with E-state index in [1.807, 2.05) is 30.3 Å². The van der Waals surface area contributed by atoms with Gasteiger partial charge in [0.05, 0.1) is 0 Å². The van der Waals surface area contributed by atoms with Gasteiger partial charge in [-0.2, -0.15) is 0 Å². The number of benzene rings is 1. The zero-order chi connectivity index (χ0) is 10.4. The minimum atomic E-state index is 0.349. The Kier molecular flexibility index (Phi) is 4.51. The van der Waals surface area contributed by atoms with Crippen molar-refractivity contribution in [3.8, 4) is 5.75 Å². The van der Waals surface area contributed by atoms with Gasteiger partial charge >= 0.3 is 0 Å². The third-order valence-corrected chi connectivity index (χ3v) is 2.71. The zero-order valence-electron chi connectivity index (χ0n) is 9.36. The van der Waals surface area contributed by atoms with E-state index in [2.05, 4.69) is 20.8 Å². The molecule has 0 aliphatic carbocycles. The maximum absolute atomic E-state index is 5.92. The molecule has 0 aromatic heterocycles. The molecule has 1 heteroatoms. The average Bonchev–Trinajstić information content (AvgIpc) is 2.26. The third-order valence-electron chi connectivity index (χ3n) is 2.71. The van der Waals surface area contributed by atoms with Gasteiger partial charge in [-0.3, -0.25) is 0 Å². The molecule has 1 aromatic rings. The molecule has 0 saturated carbocycles. The van der Waals surface area contributed by atoms with Crippen molar-refractivity contribution in [1.82, 2.24) is 0 Å². The molecule has 2 atom stereocenters. The monoisotopic (exact) mass is 192 g/mol. The molecule has 0 heterocycles. The van der Waals surface area contributed by atoms with Crippen molar-refractivity contribution >= 4 is 0 Å². The van der Waals surface area contributed by atoms with Gasteiger partial charge in [-0.25, -0.2) is 0 Å². The van der Waals surface area contributed by atoms with Gasteiger partial charge in [-0.1, -0.05) is 45.4 Å². The molecule has 1 nitrogen and oxygen atoms in total. The van der Waals surface area contributed by atoms with Crippen molar-refractivity contribution in [2.45, 2.75) is 39.7 Å². The van der Waals surface area contributed by atoms with Crippen LogP contribution in [-0.2, 0) is 0 Å². The van der Waals surface area contributed by atoms with Gasteiger partial charge in [0.15, 0.2) is 0 Å². The van der Waals surface area contributed by atoms with E-state index in [0.717, 1.165) is 12.2 Å². The van der Waals surface area contributed by atoms with Crippen LogP contribution in [0, 0.1) is 5.92 Å². The lowest BCUT2D eigenvalue weighted by atomic mass is 10.00. The van der Waals surface area contributed by atoms with Gasteiger partial charge in [-0.15, -0.1) is 0 Å². The van der Waals surface area contributed by atoms with Crippen LogP contribution >= 0.6 is 0 Å². The number of hydrogen-bond acceptors (Lipinski definition) is 1. The Morgan fingerprint density at radius 2 is 1.71 bits per heavy atom. The summed E-state index contributed by atoms with van der Waals surface area (Å²) in [5, 5.41) is 0. The Hall–Kier alpha value is -0.980. The molecule has 0 N–H and O–H groups in total. The summed E-state index contributed by atoms with van der Waals surface area (Å²) in [6.07, 6.45) is 2.59. The molecule has 0 aliphatic rings. The SMILES string of the molecule is CC[C@H](C)[C@@H](CC)Oc1ccccc1. The van der Waals surface area contributed by atoms with Crippen LogP contribution in [0.5, 0.6) is 5.75 Å². The van der Waals surface area contributed by atoms with Crippen LogP contribution in [0.15, 0.2) is 30.3 Å². The summed E-state index contributed by atoms with van der Waals surface area (Å²) in [6, 6.07) is 10.1. The molecule has 0 radical (unpaired) electrons. The zero-order valence-corrected chi connectivity index (χ0v) is 9.36. The first-order valence-electron chi connectivity index (χ1n) is 5.49. The molecule has 0 fully saturated rings. The molecule has 1 rings (SSSR count). The summed E-state index contributed by atoms with van der Waals surface area (Å²) in [5.41, 5.74) is 0. The molecule has 0 spiro atoms. The molecule has 0 unspecified atom stereocenters. The van der Waals surface area contributed by atoms with Crippen molar-refractivity contribution in [2.75, 3.05) is 0 Å². The maximum Gasteiger partial charge on any atom is 0.119 e. The lowest BCUT2D eigenvalue weighted by Gasteiger charge is -2.22. The van der Waals surface area contributed by atoms with E-state index in [1.54, 1.807) is 0 Å². The normalized spacial score (nSPS) is 14.8. The van der Waals surface area contributed by atoms with Crippen LogP contribution < -0.4 is 4.74 Å². The van der Waals surface area contributed by atoms with E-state index in [4.69, 9.17) is 4.74 Å². The topological polar surface area (TPSA) is 9.23 Å². The molecule has 0 saturated heterocycles. The standard InChI is InChI=1S/C13H20O/c1-4-11(3)13(5-2)14-12-9-7-6-8-10-12/h6-11,13H,4-5H2,1-3H3/t11-,13+/m0/s1. The number of rotatable bonds is 5. The fraction of sp³-hybridized carbons (Fsp3) is 0.538. The van der Waals surface area contributed by atoms with Crippen molar-refractivity contribution in [3.05, 3.63) is 30.3 Å². The van der Waals surface area contributed by atoms with Crippen LogP contribution in [0.1, 0.15) is 33.6 Å². The molecule has 78 valence electrons. The highest BCUT2D eigenvalue weighted by molar-refractivity contribution is 5.21. The predicted molar refractivity (Wildman–Crippen MR) is 60.6 cm³/mol. The van der Waals surface area contributed by atoms with Gasteiger partial charge in [0.1, 0.15) is 11.9 Å². The second-order valence-electron chi connectivity index (χ2n) is 3.76. The van der Waals surface area contributed by atoms with Crippen LogP contribution in [0.3, 0.4) is 0 Å². The number of ether oxygens (including phenoxy) is 1. The highest BCUT2D eigenvalue weighted by Gasteiger charge is 2.14. The number of hydrogen-bond donors (Lipinski definition) is 0. The molecular formula is C13H20O. The average molecular weight is 192 g/mol. The molecule has 0 bridgehead atoms. The fourth-order valence-corrected chi connectivity index (χ4v) is 1.54. The van der Waals surface area contributed by atoms with Crippen molar-refractivity contribution < 1.29 is 4.74 Å². The first-order valence-corrected chi connectivity index (χ1v) is 5.49. The van der Waals surface area contributed by atoms with Gasteiger partial charge in [0, 0.05) is 0 Å². The Labute approximate surface area is 87.1 Å². The van der Waals surface area contributed by atoms with Crippen molar-refractivity contribution in [1.29, 1.82) is 0 Å². The molecule has 14 heavy (non-hydrogen) atoms. The minimum absolute atomic E-state index is 0.349. The van der Waals surface area contributed by atoms with Gasteiger partial charge in [0.2, 0.25) is 0 Å². The smallest absolute Gasteiger partial charge is 0.119 e. The predicted octanol–water partition coefficient (Wildman–Crippen LogP) is 3.89. The third kappa shape index (κ3) is 3.06. The molecule has 0 amide bonds. The van der Waals surface area contributed by atoms with E-state index >= 15 is 0 Å². The Bertz CT molecular complexity index is 243.